The van der Waals surface area contributed by atoms with E-state index >= 15 is 0 Å². The molecule has 1 aliphatic heterocycles. The number of hydrogen-bond donors (Lipinski definition) is 2. The Morgan fingerprint density at radius 1 is 1.18 bits per heavy atom. The van der Waals surface area contributed by atoms with E-state index in [1.54, 1.807) is 24.4 Å². The van der Waals surface area contributed by atoms with E-state index < -0.39 is 22.0 Å². The molecule has 4 rings (SSSR count). The summed E-state index contributed by atoms with van der Waals surface area (Å²) in [4.78, 5) is 28.6. The molecule has 0 saturated carbocycles. The lowest BCUT2D eigenvalue weighted by Gasteiger charge is -2.22. The fourth-order valence-corrected chi connectivity index (χ4v) is 6.50. The Hall–Kier alpha value is -3.09. The fourth-order valence-electron chi connectivity index (χ4n) is 3.83. The monoisotopic (exact) mass is 489 g/mol. The third-order valence-corrected chi connectivity index (χ3v) is 8.19. The SMILES string of the molecule is CC(=O)Nc1ccc(-c2csc(NC(=O)[C@@H]3CCCN3S(=O)(=O)c3c(C)noc3C)n2)cc1. The molecule has 3 aromatic rings. The van der Waals surface area contributed by atoms with Crippen molar-refractivity contribution in [2.45, 2.75) is 44.6 Å². The number of hydrogen-bond acceptors (Lipinski definition) is 8. The van der Waals surface area contributed by atoms with Crippen LogP contribution in [0.5, 0.6) is 0 Å². The van der Waals surface area contributed by atoms with Crippen LogP contribution in [0.1, 0.15) is 31.2 Å². The number of benzene rings is 1. The van der Waals surface area contributed by atoms with Crippen LogP contribution in [0.25, 0.3) is 11.3 Å². The number of sulfonamides is 1. The zero-order valence-corrected chi connectivity index (χ0v) is 19.9. The maximum atomic E-state index is 13.2. The van der Waals surface area contributed by atoms with Crippen LogP contribution in [-0.2, 0) is 19.6 Å². The first-order valence-corrected chi connectivity index (χ1v) is 12.6. The highest BCUT2D eigenvalue weighted by atomic mass is 32.2. The minimum Gasteiger partial charge on any atom is -0.360 e. The third-order valence-electron chi connectivity index (χ3n) is 5.28. The van der Waals surface area contributed by atoms with E-state index in [4.69, 9.17) is 4.52 Å². The Bertz CT molecular complexity index is 1280. The van der Waals surface area contributed by atoms with Crippen molar-refractivity contribution in [2.24, 2.45) is 0 Å². The van der Waals surface area contributed by atoms with Gasteiger partial charge in [0.1, 0.15) is 16.6 Å². The highest BCUT2D eigenvalue weighted by Crippen LogP contribution is 2.31. The van der Waals surface area contributed by atoms with Crippen molar-refractivity contribution in [3.8, 4) is 11.3 Å². The van der Waals surface area contributed by atoms with Gasteiger partial charge in [0.2, 0.25) is 21.8 Å². The molecule has 0 bridgehead atoms. The second kappa shape index (κ2) is 9.04. The van der Waals surface area contributed by atoms with Gasteiger partial charge in [0.25, 0.3) is 0 Å². The van der Waals surface area contributed by atoms with Crippen molar-refractivity contribution in [2.75, 3.05) is 17.2 Å². The number of amides is 2. The van der Waals surface area contributed by atoms with Gasteiger partial charge in [-0.2, -0.15) is 4.31 Å². The average molecular weight is 490 g/mol. The molecule has 0 unspecified atom stereocenters. The lowest BCUT2D eigenvalue weighted by Crippen LogP contribution is -2.43. The predicted molar refractivity (Wildman–Crippen MR) is 123 cm³/mol. The minimum absolute atomic E-state index is 0.0152. The number of nitrogens with one attached hydrogen (secondary N) is 2. The molecule has 12 heteroatoms. The van der Waals surface area contributed by atoms with E-state index in [0.717, 1.165) is 5.56 Å². The lowest BCUT2D eigenvalue weighted by atomic mass is 10.1. The van der Waals surface area contributed by atoms with Gasteiger partial charge < -0.3 is 15.2 Å². The second-order valence-corrected chi connectivity index (χ2v) is 10.4. The second-order valence-electron chi connectivity index (χ2n) is 7.71. The van der Waals surface area contributed by atoms with E-state index in [1.165, 1.54) is 29.5 Å². The third kappa shape index (κ3) is 4.68. The van der Waals surface area contributed by atoms with Crippen LogP contribution < -0.4 is 10.6 Å². The Balaban J connectivity index is 1.48. The van der Waals surface area contributed by atoms with Crippen molar-refractivity contribution in [3.63, 3.8) is 0 Å². The number of nitrogens with zero attached hydrogens (tertiary/aromatic N) is 3. The first kappa shape index (κ1) is 23.1. The molecule has 0 aliphatic carbocycles. The highest BCUT2D eigenvalue weighted by molar-refractivity contribution is 7.89. The summed E-state index contributed by atoms with van der Waals surface area (Å²) in [6.45, 7) is 4.79. The normalized spacial score (nSPS) is 16.6. The van der Waals surface area contributed by atoms with Crippen molar-refractivity contribution in [1.29, 1.82) is 0 Å². The molecule has 1 saturated heterocycles. The van der Waals surface area contributed by atoms with Crippen LogP contribution in [0.4, 0.5) is 10.8 Å². The number of carbonyl (C=O) groups is 2. The van der Waals surface area contributed by atoms with Crippen LogP contribution in [0.15, 0.2) is 39.1 Å². The molecular weight excluding hydrogens is 466 g/mol. The van der Waals surface area contributed by atoms with E-state index in [1.807, 2.05) is 12.1 Å². The van der Waals surface area contributed by atoms with Crippen LogP contribution in [-0.4, -0.2) is 47.3 Å². The first-order valence-electron chi connectivity index (χ1n) is 10.3. The molecular formula is C21H23N5O5S2. The Kier molecular flexibility index (Phi) is 6.32. The molecule has 174 valence electrons. The summed E-state index contributed by atoms with van der Waals surface area (Å²) in [5.74, 6) is -0.379. The van der Waals surface area contributed by atoms with Crippen LogP contribution in [0.2, 0.25) is 0 Å². The number of carbonyl (C=O) groups excluding carboxylic acids is 2. The fraction of sp³-hybridized carbons (Fsp3) is 0.333. The Labute approximate surface area is 195 Å². The maximum Gasteiger partial charge on any atom is 0.249 e. The molecule has 0 radical (unpaired) electrons. The first-order chi connectivity index (χ1) is 15.7. The number of aromatic nitrogens is 2. The van der Waals surface area contributed by atoms with Crippen molar-refractivity contribution in [3.05, 3.63) is 41.1 Å². The van der Waals surface area contributed by atoms with E-state index in [2.05, 4.69) is 20.8 Å². The van der Waals surface area contributed by atoms with Gasteiger partial charge in [-0.15, -0.1) is 11.3 Å². The van der Waals surface area contributed by atoms with Crippen LogP contribution in [0.3, 0.4) is 0 Å². The molecule has 2 N–H and O–H groups in total. The van der Waals surface area contributed by atoms with Gasteiger partial charge >= 0.3 is 0 Å². The number of rotatable bonds is 6. The largest absolute Gasteiger partial charge is 0.360 e. The summed E-state index contributed by atoms with van der Waals surface area (Å²) in [5.41, 5.74) is 2.43. The summed E-state index contributed by atoms with van der Waals surface area (Å²) in [6, 6.07) is 6.34. The molecule has 1 fully saturated rings. The van der Waals surface area contributed by atoms with Crippen molar-refractivity contribution >= 4 is 44.0 Å². The van der Waals surface area contributed by atoms with Crippen molar-refractivity contribution < 1.29 is 22.5 Å². The van der Waals surface area contributed by atoms with Gasteiger partial charge in [0, 0.05) is 30.1 Å². The molecule has 33 heavy (non-hydrogen) atoms. The molecule has 10 nitrogen and oxygen atoms in total. The van der Waals surface area contributed by atoms with Gasteiger partial charge in [-0.05, 0) is 38.8 Å². The predicted octanol–water partition coefficient (Wildman–Crippen LogP) is 3.17. The topological polar surface area (TPSA) is 134 Å². The molecule has 2 amide bonds. The maximum absolute atomic E-state index is 13.2. The Morgan fingerprint density at radius 3 is 2.55 bits per heavy atom. The zero-order valence-electron chi connectivity index (χ0n) is 18.3. The smallest absolute Gasteiger partial charge is 0.249 e. The van der Waals surface area contributed by atoms with Gasteiger partial charge in [-0.3, -0.25) is 9.59 Å². The van der Waals surface area contributed by atoms with E-state index in [-0.39, 0.29) is 28.8 Å². The average Bonchev–Trinajstić information content (AvgIpc) is 3.48. The van der Waals surface area contributed by atoms with Crippen LogP contribution >= 0.6 is 11.3 Å². The minimum atomic E-state index is -3.92. The number of anilines is 2. The quantitative estimate of drug-likeness (QED) is 0.543. The Morgan fingerprint density at radius 2 is 1.91 bits per heavy atom. The molecule has 1 atom stereocenters. The number of thiazole rings is 1. The molecule has 3 heterocycles. The highest BCUT2D eigenvalue weighted by Gasteiger charge is 2.42. The lowest BCUT2D eigenvalue weighted by molar-refractivity contribution is -0.119. The summed E-state index contributed by atoms with van der Waals surface area (Å²) >= 11 is 1.25. The summed E-state index contributed by atoms with van der Waals surface area (Å²) in [5, 5.41) is 11.4. The van der Waals surface area contributed by atoms with Gasteiger partial charge in [0.05, 0.1) is 5.69 Å². The van der Waals surface area contributed by atoms with Gasteiger partial charge in [-0.25, -0.2) is 13.4 Å². The summed E-state index contributed by atoms with van der Waals surface area (Å²) in [6.07, 6.45) is 0.988. The van der Waals surface area contributed by atoms with E-state index in [0.29, 0.717) is 29.4 Å². The standard InChI is InChI=1S/C21H23N5O5S2/c1-12-19(13(2)31-25-12)33(29,30)26-10-4-5-18(26)20(28)24-21-23-17(11-32-21)15-6-8-16(9-7-15)22-14(3)27/h6-9,11,18H,4-5,10H2,1-3H3,(H,22,27)(H,23,24,28)/t18-/m0/s1. The summed E-state index contributed by atoms with van der Waals surface area (Å²) < 4.78 is 32.6. The number of aryl methyl sites for hydroxylation is 2. The van der Waals surface area contributed by atoms with Crippen LogP contribution in [0, 0.1) is 13.8 Å². The van der Waals surface area contributed by atoms with Crippen molar-refractivity contribution in [1.82, 2.24) is 14.4 Å². The van der Waals surface area contributed by atoms with Gasteiger partial charge in [0.15, 0.2) is 10.9 Å². The molecule has 1 aromatic carbocycles. The molecule has 2 aromatic heterocycles. The molecule has 1 aliphatic rings. The summed E-state index contributed by atoms with van der Waals surface area (Å²) in [7, 11) is -3.92. The van der Waals surface area contributed by atoms with Gasteiger partial charge in [-0.1, -0.05) is 17.3 Å². The zero-order chi connectivity index (χ0) is 23.8. The molecule has 0 spiro atoms. The van der Waals surface area contributed by atoms with E-state index in [9.17, 15) is 18.0 Å².